The molecular weight excluding hydrogens is 296 g/mol. The number of hydrogen-bond acceptors (Lipinski definition) is 6. The third kappa shape index (κ3) is 5.82. The summed E-state index contributed by atoms with van der Waals surface area (Å²) in [6.07, 6.45) is 3.44. The molecular formula is C15H24N6O2. The Kier molecular flexibility index (Phi) is 5.49. The number of urea groups is 1. The normalized spacial score (nSPS) is 16.0. The van der Waals surface area contributed by atoms with E-state index in [1.54, 1.807) is 18.5 Å². The van der Waals surface area contributed by atoms with Crippen LogP contribution in [0.3, 0.4) is 0 Å². The van der Waals surface area contributed by atoms with Crippen LogP contribution in [-0.4, -0.2) is 65.1 Å². The molecule has 1 aromatic rings. The Hall–Kier alpha value is -2.22. The van der Waals surface area contributed by atoms with Gasteiger partial charge in [-0.25, -0.2) is 14.8 Å². The minimum absolute atomic E-state index is 0.209. The second-order valence-electron chi connectivity index (χ2n) is 6.56. The summed E-state index contributed by atoms with van der Waals surface area (Å²) in [6.45, 7) is 8.77. The number of piperazine rings is 1. The van der Waals surface area contributed by atoms with Crippen LogP contribution in [0.25, 0.3) is 0 Å². The molecule has 8 heteroatoms. The Morgan fingerprint density at radius 2 is 1.74 bits per heavy atom. The fraction of sp³-hybridized carbons (Fsp3) is 0.600. The van der Waals surface area contributed by atoms with Crippen molar-refractivity contribution in [2.45, 2.75) is 26.3 Å². The lowest BCUT2D eigenvalue weighted by Crippen LogP contribution is -2.53. The molecule has 1 fully saturated rings. The zero-order valence-electron chi connectivity index (χ0n) is 13.9. The van der Waals surface area contributed by atoms with Crippen molar-refractivity contribution in [2.75, 3.05) is 37.6 Å². The van der Waals surface area contributed by atoms with Crippen LogP contribution in [-0.2, 0) is 4.79 Å². The molecule has 0 spiro atoms. The van der Waals surface area contributed by atoms with E-state index >= 15 is 0 Å². The number of rotatable bonds is 3. The SMILES string of the molecule is CC(C)(C)NC(=O)NC(=O)CN1CCN(c2ncccn2)CC1. The predicted molar refractivity (Wildman–Crippen MR) is 87.1 cm³/mol. The molecule has 2 heterocycles. The summed E-state index contributed by atoms with van der Waals surface area (Å²) in [5.74, 6) is 0.414. The second kappa shape index (κ2) is 7.36. The van der Waals surface area contributed by atoms with Crippen molar-refractivity contribution in [1.29, 1.82) is 0 Å². The smallest absolute Gasteiger partial charge is 0.321 e. The lowest BCUT2D eigenvalue weighted by atomic mass is 10.1. The Bertz CT molecular complexity index is 535. The standard InChI is InChI=1S/C15H24N6O2/c1-15(2,3)19-14(23)18-12(22)11-20-7-9-21(10-8-20)13-16-5-4-6-17-13/h4-6H,7-11H2,1-3H3,(H2,18,19,22,23). The largest absolute Gasteiger partial charge is 0.338 e. The van der Waals surface area contributed by atoms with Crippen LogP contribution in [0.4, 0.5) is 10.7 Å². The number of carbonyl (C=O) groups is 2. The molecule has 126 valence electrons. The minimum Gasteiger partial charge on any atom is -0.338 e. The summed E-state index contributed by atoms with van der Waals surface area (Å²) in [5, 5.41) is 5.06. The molecule has 0 unspecified atom stereocenters. The molecule has 0 radical (unpaired) electrons. The van der Waals surface area contributed by atoms with E-state index in [4.69, 9.17) is 0 Å². The minimum atomic E-state index is -0.459. The van der Waals surface area contributed by atoms with Crippen LogP contribution in [0.2, 0.25) is 0 Å². The molecule has 0 aliphatic carbocycles. The van der Waals surface area contributed by atoms with Crippen molar-refractivity contribution >= 4 is 17.9 Å². The highest BCUT2D eigenvalue weighted by Crippen LogP contribution is 2.09. The molecule has 1 aliphatic rings. The Balaban J connectivity index is 1.74. The summed E-state index contributed by atoms with van der Waals surface area (Å²) in [7, 11) is 0. The van der Waals surface area contributed by atoms with E-state index in [0.717, 1.165) is 26.2 Å². The number of nitrogens with one attached hydrogen (secondary N) is 2. The first-order valence-corrected chi connectivity index (χ1v) is 7.70. The molecule has 0 aromatic carbocycles. The van der Waals surface area contributed by atoms with Gasteiger partial charge >= 0.3 is 6.03 Å². The van der Waals surface area contributed by atoms with Gasteiger partial charge in [-0.15, -0.1) is 0 Å². The zero-order chi connectivity index (χ0) is 16.9. The second-order valence-corrected chi connectivity index (χ2v) is 6.56. The Labute approximate surface area is 136 Å². The van der Waals surface area contributed by atoms with Gasteiger partial charge in [-0.05, 0) is 26.8 Å². The number of hydrogen-bond donors (Lipinski definition) is 2. The highest BCUT2D eigenvalue weighted by atomic mass is 16.2. The molecule has 2 N–H and O–H groups in total. The van der Waals surface area contributed by atoms with Gasteiger partial charge < -0.3 is 10.2 Å². The summed E-state index contributed by atoms with van der Waals surface area (Å²) in [6, 6.07) is 1.33. The topological polar surface area (TPSA) is 90.5 Å². The van der Waals surface area contributed by atoms with Crippen molar-refractivity contribution in [2.24, 2.45) is 0 Å². The van der Waals surface area contributed by atoms with Crippen molar-refractivity contribution in [3.05, 3.63) is 18.5 Å². The van der Waals surface area contributed by atoms with Gasteiger partial charge in [0.05, 0.1) is 6.54 Å². The first-order valence-electron chi connectivity index (χ1n) is 7.70. The van der Waals surface area contributed by atoms with Crippen molar-refractivity contribution in [3.8, 4) is 0 Å². The van der Waals surface area contributed by atoms with E-state index in [0.29, 0.717) is 5.95 Å². The maximum absolute atomic E-state index is 11.9. The van der Waals surface area contributed by atoms with E-state index in [-0.39, 0.29) is 18.0 Å². The van der Waals surface area contributed by atoms with Gasteiger partial charge in [0, 0.05) is 44.1 Å². The quantitative estimate of drug-likeness (QED) is 0.828. The van der Waals surface area contributed by atoms with E-state index in [1.165, 1.54) is 0 Å². The summed E-state index contributed by atoms with van der Waals surface area (Å²) < 4.78 is 0. The predicted octanol–water partition coefficient (Wildman–Crippen LogP) is 0.223. The van der Waals surface area contributed by atoms with Crippen molar-refractivity contribution in [1.82, 2.24) is 25.5 Å². The van der Waals surface area contributed by atoms with Crippen LogP contribution in [0.5, 0.6) is 0 Å². The number of amides is 3. The van der Waals surface area contributed by atoms with Crippen LogP contribution in [0.15, 0.2) is 18.5 Å². The van der Waals surface area contributed by atoms with Gasteiger partial charge in [0.2, 0.25) is 11.9 Å². The Morgan fingerprint density at radius 1 is 1.13 bits per heavy atom. The highest BCUT2D eigenvalue weighted by Gasteiger charge is 2.22. The maximum atomic E-state index is 11.9. The molecule has 0 atom stereocenters. The van der Waals surface area contributed by atoms with Crippen LogP contribution in [0, 0.1) is 0 Å². The van der Waals surface area contributed by atoms with Gasteiger partial charge in [0.15, 0.2) is 0 Å². The molecule has 0 saturated carbocycles. The molecule has 2 rings (SSSR count). The molecule has 1 aliphatic heterocycles. The monoisotopic (exact) mass is 320 g/mol. The van der Waals surface area contributed by atoms with Crippen molar-refractivity contribution < 1.29 is 9.59 Å². The third-order valence-corrected chi connectivity index (χ3v) is 3.32. The number of nitrogens with zero attached hydrogens (tertiary/aromatic N) is 4. The molecule has 0 bridgehead atoms. The van der Waals surface area contributed by atoms with Gasteiger partial charge in [-0.1, -0.05) is 0 Å². The average Bonchev–Trinajstić information content (AvgIpc) is 2.46. The van der Waals surface area contributed by atoms with E-state index < -0.39 is 6.03 Å². The highest BCUT2D eigenvalue weighted by molar-refractivity contribution is 5.95. The van der Waals surface area contributed by atoms with Crippen molar-refractivity contribution in [3.63, 3.8) is 0 Å². The van der Waals surface area contributed by atoms with Gasteiger partial charge in [0.1, 0.15) is 0 Å². The third-order valence-electron chi connectivity index (χ3n) is 3.32. The molecule has 3 amide bonds. The summed E-state index contributed by atoms with van der Waals surface area (Å²) in [4.78, 5) is 36.1. The first kappa shape index (κ1) is 17.1. The molecule has 1 aromatic heterocycles. The molecule has 1 saturated heterocycles. The fourth-order valence-corrected chi connectivity index (χ4v) is 2.30. The fourth-order valence-electron chi connectivity index (χ4n) is 2.30. The Morgan fingerprint density at radius 3 is 2.30 bits per heavy atom. The maximum Gasteiger partial charge on any atom is 0.321 e. The number of carbonyl (C=O) groups excluding carboxylic acids is 2. The number of imide groups is 1. The van der Waals surface area contributed by atoms with Crippen LogP contribution in [0.1, 0.15) is 20.8 Å². The van der Waals surface area contributed by atoms with E-state index in [9.17, 15) is 9.59 Å². The number of aromatic nitrogens is 2. The molecule has 23 heavy (non-hydrogen) atoms. The van der Waals surface area contributed by atoms with E-state index in [2.05, 4.69) is 25.5 Å². The lowest BCUT2D eigenvalue weighted by molar-refractivity contribution is -0.121. The zero-order valence-corrected chi connectivity index (χ0v) is 13.9. The lowest BCUT2D eigenvalue weighted by Gasteiger charge is -2.34. The van der Waals surface area contributed by atoms with E-state index in [1.807, 2.05) is 25.7 Å². The van der Waals surface area contributed by atoms with Gasteiger partial charge in [-0.3, -0.25) is 15.0 Å². The summed E-state index contributed by atoms with van der Waals surface area (Å²) in [5.41, 5.74) is -0.369. The molecule has 8 nitrogen and oxygen atoms in total. The summed E-state index contributed by atoms with van der Waals surface area (Å²) >= 11 is 0. The van der Waals surface area contributed by atoms with Crippen LogP contribution >= 0.6 is 0 Å². The van der Waals surface area contributed by atoms with Gasteiger partial charge in [0.25, 0.3) is 0 Å². The average molecular weight is 320 g/mol. The van der Waals surface area contributed by atoms with Gasteiger partial charge in [-0.2, -0.15) is 0 Å². The number of anilines is 1. The van der Waals surface area contributed by atoms with Crippen LogP contribution < -0.4 is 15.5 Å². The first-order chi connectivity index (χ1) is 10.8.